The summed E-state index contributed by atoms with van der Waals surface area (Å²) in [6.07, 6.45) is 1.99. The Morgan fingerprint density at radius 1 is 1.12 bits per heavy atom. The number of amides is 1. The molecule has 1 aromatic carbocycles. The molecule has 7 heteroatoms. The van der Waals surface area contributed by atoms with Crippen LogP contribution in [0.2, 0.25) is 0 Å². The minimum atomic E-state index is -0.572. The number of esters is 1. The molecule has 7 nitrogen and oxygen atoms in total. The van der Waals surface area contributed by atoms with E-state index in [0.29, 0.717) is 10.9 Å². The third kappa shape index (κ3) is 2.12. The molecule has 1 aliphatic rings. The van der Waals surface area contributed by atoms with Gasteiger partial charge >= 0.3 is 5.97 Å². The van der Waals surface area contributed by atoms with E-state index in [1.165, 1.54) is 7.11 Å². The molecular weight excluding hydrogens is 308 g/mol. The third-order valence-electron chi connectivity index (χ3n) is 4.40. The van der Waals surface area contributed by atoms with Gasteiger partial charge in [-0.25, -0.2) is 4.79 Å². The second kappa shape index (κ2) is 5.59. The number of aromatic nitrogens is 3. The van der Waals surface area contributed by atoms with Crippen molar-refractivity contribution in [3.63, 3.8) is 0 Å². The third-order valence-corrected chi connectivity index (χ3v) is 4.40. The number of carbonyl (C=O) groups is 2. The highest BCUT2D eigenvalue weighted by atomic mass is 16.5. The van der Waals surface area contributed by atoms with E-state index in [4.69, 9.17) is 4.74 Å². The molecule has 1 aliphatic heterocycles. The zero-order valence-corrected chi connectivity index (χ0v) is 13.2. The fraction of sp³-hybridized carbons (Fsp3) is 0.294. The SMILES string of the molecule is COC(=O)c1nnc(C(=O)N2CCCC2)c2[nH]c3ccccc3c12. The molecule has 1 saturated heterocycles. The summed E-state index contributed by atoms with van der Waals surface area (Å²) in [7, 11) is 1.30. The lowest BCUT2D eigenvalue weighted by molar-refractivity contribution is 0.0594. The van der Waals surface area contributed by atoms with Crippen molar-refractivity contribution in [1.29, 1.82) is 0 Å². The molecule has 4 rings (SSSR count). The number of benzene rings is 1. The van der Waals surface area contributed by atoms with Crippen molar-refractivity contribution in [2.45, 2.75) is 12.8 Å². The summed E-state index contributed by atoms with van der Waals surface area (Å²) in [4.78, 5) is 29.8. The summed E-state index contributed by atoms with van der Waals surface area (Å²) >= 11 is 0. The van der Waals surface area contributed by atoms with Crippen molar-refractivity contribution in [2.24, 2.45) is 0 Å². The molecule has 1 amide bonds. The van der Waals surface area contributed by atoms with Crippen molar-refractivity contribution in [3.8, 4) is 0 Å². The summed E-state index contributed by atoms with van der Waals surface area (Å²) < 4.78 is 4.81. The molecular formula is C17H16N4O3. The number of carbonyl (C=O) groups excluding carboxylic acids is 2. The fourth-order valence-electron chi connectivity index (χ4n) is 3.22. The molecule has 24 heavy (non-hydrogen) atoms. The van der Waals surface area contributed by atoms with Crippen LogP contribution in [0, 0.1) is 0 Å². The second-order valence-electron chi connectivity index (χ2n) is 5.81. The van der Waals surface area contributed by atoms with Gasteiger partial charge in [-0.05, 0) is 18.9 Å². The highest BCUT2D eigenvalue weighted by Crippen LogP contribution is 2.30. The number of rotatable bonds is 2. The van der Waals surface area contributed by atoms with Gasteiger partial charge in [0.2, 0.25) is 0 Å². The zero-order valence-electron chi connectivity index (χ0n) is 13.2. The number of hydrogen-bond acceptors (Lipinski definition) is 5. The number of ether oxygens (including phenoxy) is 1. The molecule has 3 aromatic rings. The van der Waals surface area contributed by atoms with E-state index in [-0.39, 0.29) is 17.3 Å². The van der Waals surface area contributed by atoms with Gasteiger partial charge < -0.3 is 14.6 Å². The minimum Gasteiger partial charge on any atom is -0.464 e. The minimum absolute atomic E-state index is 0.114. The first-order valence-electron chi connectivity index (χ1n) is 7.85. The average Bonchev–Trinajstić information content (AvgIpc) is 3.27. The Morgan fingerprint density at radius 3 is 2.58 bits per heavy atom. The Bertz CT molecular complexity index is 957. The van der Waals surface area contributed by atoms with Gasteiger partial charge in [-0.1, -0.05) is 18.2 Å². The summed E-state index contributed by atoms with van der Waals surface area (Å²) in [6, 6.07) is 7.53. The van der Waals surface area contributed by atoms with Crippen LogP contribution < -0.4 is 0 Å². The molecule has 122 valence electrons. The standard InChI is InChI=1S/C17H16N4O3/c1-24-17(23)14-12-10-6-2-3-7-11(10)18-13(12)15(20-19-14)16(22)21-8-4-5-9-21/h2-3,6-7,18H,4-5,8-9H2,1H3. The van der Waals surface area contributed by atoms with E-state index in [2.05, 4.69) is 15.2 Å². The first-order chi connectivity index (χ1) is 11.7. The van der Waals surface area contributed by atoms with E-state index in [1.54, 1.807) is 4.90 Å². The first-order valence-corrected chi connectivity index (χ1v) is 7.85. The van der Waals surface area contributed by atoms with Crippen molar-refractivity contribution >= 4 is 33.7 Å². The van der Waals surface area contributed by atoms with Gasteiger partial charge in [0.05, 0.1) is 12.6 Å². The maximum Gasteiger partial charge on any atom is 0.359 e. The maximum absolute atomic E-state index is 12.8. The van der Waals surface area contributed by atoms with Crippen LogP contribution in [-0.4, -0.2) is 52.2 Å². The van der Waals surface area contributed by atoms with Gasteiger partial charge in [-0.15, -0.1) is 10.2 Å². The van der Waals surface area contributed by atoms with Crippen LogP contribution in [0.5, 0.6) is 0 Å². The van der Waals surface area contributed by atoms with E-state index < -0.39 is 5.97 Å². The van der Waals surface area contributed by atoms with Crippen LogP contribution in [0.3, 0.4) is 0 Å². The maximum atomic E-state index is 12.8. The lowest BCUT2D eigenvalue weighted by Gasteiger charge is -2.14. The molecule has 0 unspecified atom stereocenters. The second-order valence-corrected chi connectivity index (χ2v) is 5.81. The average molecular weight is 324 g/mol. The molecule has 0 saturated carbocycles. The number of H-pyrrole nitrogens is 1. The number of aromatic amines is 1. The molecule has 0 aliphatic carbocycles. The molecule has 2 aromatic heterocycles. The van der Waals surface area contributed by atoms with Gasteiger partial charge in [0.25, 0.3) is 5.91 Å². The predicted molar refractivity (Wildman–Crippen MR) is 87.9 cm³/mol. The Balaban J connectivity index is 1.99. The number of fused-ring (bicyclic) bond motifs is 3. The van der Waals surface area contributed by atoms with E-state index in [0.717, 1.165) is 36.8 Å². The Morgan fingerprint density at radius 2 is 1.83 bits per heavy atom. The number of nitrogens with zero attached hydrogens (tertiary/aromatic N) is 3. The van der Waals surface area contributed by atoms with Crippen molar-refractivity contribution in [3.05, 3.63) is 35.7 Å². The first kappa shape index (κ1) is 14.6. The fourth-order valence-corrected chi connectivity index (χ4v) is 3.22. The van der Waals surface area contributed by atoms with Gasteiger partial charge in [0.1, 0.15) is 0 Å². The van der Waals surface area contributed by atoms with E-state index in [1.807, 2.05) is 24.3 Å². The highest BCUT2D eigenvalue weighted by Gasteiger charge is 2.27. The van der Waals surface area contributed by atoms with Crippen LogP contribution in [0.15, 0.2) is 24.3 Å². The molecule has 3 heterocycles. The van der Waals surface area contributed by atoms with Crippen LogP contribution in [0.25, 0.3) is 21.8 Å². The smallest absolute Gasteiger partial charge is 0.359 e. The van der Waals surface area contributed by atoms with Crippen molar-refractivity contribution in [1.82, 2.24) is 20.1 Å². The number of para-hydroxylation sites is 1. The molecule has 0 atom stereocenters. The van der Waals surface area contributed by atoms with Gasteiger partial charge in [-0.2, -0.15) is 0 Å². The van der Waals surface area contributed by atoms with Crippen LogP contribution >= 0.6 is 0 Å². The van der Waals surface area contributed by atoms with Gasteiger partial charge in [-0.3, -0.25) is 4.79 Å². The van der Waals surface area contributed by atoms with Crippen molar-refractivity contribution in [2.75, 3.05) is 20.2 Å². The summed E-state index contributed by atoms with van der Waals surface area (Å²) in [5.74, 6) is -0.731. The summed E-state index contributed by atoms with van der Waals surface area (Å²) in [5.41, 5.74) is 1.71. The van der Waals surface area contributed by atoms with E-state index in [9.17, 15) is 9.59 Å². The van der Waals surface area contributed by atoms with Crippen LogP contribution in [0.1, 0.15) is 33.8 Å². The lowest BCUT2D eigenvalue weighted by Crippen LogP contribution is -2.29. The number of hydrogen-bond donors (Lipinski definition) is 1. The Hall–Kier alpha value is -2.96. The Labute approximate surface area is 137 Å². The van der Waals surface area contributed by atoms with E-state index >= 15 is 0 Å². The summed E-state index contributed by atoms with van der Waals surface area (Å²) in [6.45, 7) is 1.45. The number of nitrogens with one attached hydrogen (secondary N) is 1. The lowest BCUT2D eigenvalue weighted by atomic mass is 10.1. The zero-order chi connectivity index (χ0) is 16.7. The van der Waals surface area contributed by atoms with Gasteiger partial charge in [0.15, 0.2) is 11.4 Å². The van der Waals surface area contributed by atoms with Gasteiger partial charge in [0, 0.05) is 29.4 Å². The molecule has 0 radical (unpaired) electrons. The largest absolute Gasteiger partial charge is 0.464 e. The normalized spacial score (nSPS) is 14.5. The van der Waals surface area contributed by atoms with Crippen LogP contribution in [0.4, 0.5) is 0 Å². The quantitative estimate of drug-likeness (QED) is 0.730. The monoisotopic (exact) mass is 324 g/mol. The highest BCUT2D eigenvalue weighted by molar-refractivity contribution is 6.19. The van der Waals surface area contributed by atoms with Crippen LogP contribution in [-0.2, 0) is 4.74 Å². The molecule has 0 bridgehead atoms. The molecule has 1 N–H and O–H groups in total. The topological polar surface area (TPSA) is 88.2 Å². The Kier molecular flexibility index (Phi) is 3.41. The molecule has 1 fully saturated rings. The number of methoxy groups -OCH3 is 1. The summed E-state index contributed by atoms with van der Waals surface area (Å²) in [5, 5.41) is 9.44. The molecule has 0 spiro atoms. The number of likely N-dealkylation sites (tertiary alicyclic amines) is 1. The predicted octanol–water partition coefficient (Wildman–Crippen LogP) is 2.13. The van der Waals surface area contributed by atoms with Crippen molar-refractivity contribution < 1.29 is 14.3 Å².